The Morgan fingerprint density at radius 1 is 1.37 bits per heavy atom. The lowest BCUT2D eigenvalue weighted by Crippen LogP contribution is -2.36. The van der Waals surface area contributed by atoms with E-state index in [9.17, 15) is 5.11 Å². The van der Waals surface area contributed by atoms with E-state index in [0.29, 0.717) is 0 Å². The van der Waals surface area contributed by atoms with Gasteiger partial charge >= 0.3 is 0 Å². The maximum atomic E-state index is 10.0. The zero-order valence-corrected chi connectivity index (χ0v) is 11.0. The van der Waals surface area contributed by atoms with Crippen LogP contribution in [0.2, 0.25) is 0 Å². The molecule has 0 amide bonds. The first-order valence-corrected chi connectivity index (χ1v) is 6.74. The summed E-state index contributed by atoms with van der Waals surface area (Å²) in [5.41, 5.74) is 0.789. The lowest BCUT2D eigenvalue weighted by Gasteiger charge is -2.28. The predicted octanol–water partition coefficient (Wildman–Crippen LogP) is 1.49. The Balaban J connectivity index is 1.92. The van der Waals surface area contributed by atoms with E-state index in [1.165, 1.54) is 0 Å². The van der Waals surface area contributed by atoms with Gasteiger partial charge in [-0.15, -0.1) is 0 Å². The van der Waals surface area contributed by atoms with E-state index < -0.39 is 0 Å². The van der Waals surface area contributed by atoms with E-state index in [0.717, 1.165) is 43.0 Å². The molecule has 3 N–H and O–H groups in total. The first-order valence-electron chi connectivity index (χ1n) is 6.74. The second-order valence-electron chi connectivity index (χ2n) is 4.99. The van der Waals surface area contributed by atoms with Crippen molar-refractivity contribution in [3.8, 4) is 0 Å². The number of aliphatic hydroxyl groups is 1. The van der Waals surface area contributed by atoms with Crippen molar-refractivity contribution in [2.24, 2.45) is 0 Å². The lowest BCUT2D eigenvalue weighted by atomic mass is 9.93. The molecule has 0 radical (unpaired) electrons. The molecule has 0 spiro atoms. The number of nitrogens with one attached hydrogen (secondary N) is 2. The molecule has 3 rings (SSSR count). The quantitative estimate of drug-likeness (QED) is 0.780. The van der Waals surface area contributed by atoms with Crippen LogP contribution in [-0.4, -0.2) is 38.7 Å². The van der Waals surface area contributed by atoms with Crippen LogP contribution in [0.5, 0.6) is 0 Å². The minimum Gasteiger partial charge on any atom is -0.391 e. The van der Waals surface area contributed by atoms with Crippen molar-refractivity contribution in [3.63, 3.8) is 0 Å². The highest BCUT2D eigenvalue weighted by molar-refractivity contribution is 5.65. The number of fused-ring (bicyclic) bond motifs is 1. The zero-order valence-electron chi connectivity index (χ0n) is 11.0. The van der Waals surface area contributed by atoms with Gasteiger partial charge in [-0.1, -0.05) is 12.8 Å². The van der Waals surface area contributed by atoms with Gasteiger partial charge in [-0.05, 0) is 12.8 Å². The lowest BCUT2D eigenvalue weighted by molar-refractivity contribution is 0.116. The Labute approximate surface area is 111 Å². The van der Waals surface area contributed by atoms with E-state index in [1.807, 2.05) is 23.8 Å². The molecule has 1 aliphatic carbocycles. The predicted molar refractivity (Wildman–Crippen MR) is 74.4 cm³/mol. The molecule has 6 nitrogen and oxygen atoms in total. The van der Waals surface area contributed by atoms with Gasteiger partial charge in [0.25, 0.3) is 0 Å². The molecule has 0 aromatic carbocycles. The van der Waals surface area contributed by atoms with Crippen molar-refractivity contribution >= 4 is 17.3 Å². The van der Waals surface area contributed by atoms with Gasteiger partial charge in [0.15, 0.2) is 11.5 Å². The summed E-state index contributed by atoms with van der Waals surface area (Å²) >= 11 is 0. The van der Waals surface area contributed by atoms with Crippen LogP contribution in [0.15, 0.2) is 18.6 Å². The van der Waals surface area contributed by atoms with Crippen molar-refractivity contribution in [3.05, 3.63) is 18.6 Å². The Morgan fingerprint density at radius 2 is 2.21 bits per heavy atom. The van der Waals surface area contributed by atoms with Crippen LogP contribution in [-0.2, 0) is 0 Å². The smallest absolute Gasteiger partial charge is 0.180 e. The van der Waals surface area contributed by atoms with Crippen LogP contribution in [0, 0.1) is 0 Å². The van der Waals surface area contributed by atoms with Gasteiger partial charge in [0.05, 0.1) is 18.3 Å². The van der Waals surface area contributed by atoms with E-state index in [4.69, 9.17) is 0 Å². The van der Waals surface area contributed by atoms with Crippen LogP contribution in [0.3, 0.4) is 0 Å². The van der Waals surface area contributed by atoms with Gasteiger partial charge in [-0.2, -0.15) is 0 Å². The number of nitrogens with zero attached hydrogens (tertiary/aromatic N) is 3. The molecule has 0 aliphatic heterocycles. The van der Waals surface area contributed by atoms with E-state index in [2.05, 4.69) is 20.6 Å². The fraction of sp³-hybridized carbons (Fsp3) is 0.538. The van der Waals surface area contributed by atoms with Crippen molar-refractivity contribution < 1.29 is 5.11 Å². The number of hydrogen-bond acceptors (Lipinski definition) is 5. The third-order valence-corrected chi connectivity index (χ3v) is 3.68. The molecule has 2 atom stereocenters. The Bertz CT molecular complexity index is 567. The normalized spacial score (nSPS) is 23.5. The molecule has 2 aromatic rings. The van der Waals surface area contributed by atoms with Gasteiger partial charge in [0, 0.05) is 19.4 Å². The monoisotopic (exact) mass is 261 g/mol. The topological polar surface area (TPSA) is 74.5 Å². The molecule has 1 fully saturated rings. The molecule has 0 bridgehead atoms. The number of aromatic nitrogens is 3. The van der Waals surface area contributed by atoms with E-state index in [1.54, 1.807) is 6.20 Å². The van der Waals surface area contributed by atoms with Crippen LogP contribution in [0.25, 0.3) is 5.65 Å². The third-order valence-electron chi connectivity index (χ3n) is 3.68. The standard InChI is InChI=1S/C13H19N5O/c1-14-11-8-18-7-6-15-13(18)12(17-11)16-9-4-2-3-5-10(9)19/h6-10,14,19H,2-5H2,1H3,(H,16,17). The maximum Gasteiger partial charge on any atom is 0.180 e. The summed E-state index contributed by atoms with van der Waals surface area (Å²) in [4.78, 5) is 8.82. The van der Waals surface area contributed by atoms with Gasteiger partial charge in [0.2, 0.25) is 0 Å². The molecule has 2 unspecified atom stereocenters. The highest BCUT2D eigenvalue weighted by Crippen LogP contribution is 2.24. The largest absolute Gasteiger partial charge is 0.391 e. The summed E-state index contributed by atoms with van der Waals surface area (Å²) < 4.78 is 1.93. The van der Waals surface area contributed by atoms with Crippen molar-refractivity contribution in [1.82, 2.24) is 14.4 Å². The molecule has 2 heterocycles. The summed E-state index contributed by atoms with van der Waals surface area (Å²) in [5.74, 6) is 1.50. The van der Waals surface area contributed by atoms with E-state index in [-0.39, 0.29) is 12.1 Å². The average Bonchev–Trinajstić information content (AvgIpc) is 2.89. The van der Waals surface area contributed by atoms with Crippen molar-refractivity contribution in [2.75, 3.05) is 17.7 Å². The zero-order chi connectivity index (χ0) is 13.2. The molecule has 0 saturated heterocycles. The minimum absolute atomic E-state index is 0.0638. The highest BCUT2D eigenvalue weighted by atomic mass is 16.3. The second-order valence-corrected chi connectivity index (χ2v) is 4.99. The Kier molecular flexibility index (Phi) is 3.25. The molecule has 6 heteroatoms. The average molecular weight is 261 g/mol. The number of anilines is 2. The third kappa shape index (κ3) is 2.35. The van der Waals surface area contributed by atoms with Crippen LogP contribution in [0.4, 0.5) is 11.6 Å². The van der Waals surface area contributed by atoms with Crippen LogP contribution in [0.1, 0.15) is 25.7 Å². The SMILES string of the molecule is CNc1cn2ccnc2c(NC2CCCCC2O)n1. The first-order chi connectivity index (χ1) is 9.28. The number of imidazole rings is 1. The molecule has 2 aromatic heterocycles. The fourth-order valence-electron chi connectivity index (χ4n) is 2.60. The van der Waals surface area contributed by atoms with Gasteiger partial charge in [-0.3, -0.25) is 0 Å². The molecular formula is C13H19N5O. The minimum atomic E-state index is -0.302. The summed E-state index contributed by atoms with van der Waals surface area (Å²) in [6.07, 6.45) is 9.30. The maximum absolute atomic E-state index is 10.0. The van der Waals surface area contributed by atoms with Crippen LogP contribution >= 0.6 is 0 Å². The first kappa shape index (κ1) is 12.2. The van der Waals surface area contributed by atoms with E-state index >= 15 is 0 Å². The molecular weight excluding hydrogens is 242 g/mol. The van der Waals surface area contributed by atoms with Crippen LogP contribution < -0.4 is 10.6 Å². The molecule has 19 heavy (non-hydrogen) atoms. The number of hydrogen-bond donors (Lipinski definition) is 3. The molecule has 1 aliphatic rings. The van der Waals surface area contributed by atoms with Crippen molar-refractivity contribution in [1.29, 1.82) is 0 Å². The second kappa shape index (κ2) is 5.05. The summed E-state index contributed by atoms with van der Waals surface area (Å²) in [6, 6.07) is 0.0638. The number of rotatable bonds is 3. The van der Waals surface area contributed by atoms with Gasteiger partial charge in [-0.25, -0.2) is 9.97 Å². The Hall–Kier alpha value is -1.82. The Morgan fingerprint density at radius 3 is 3.00 bits per heavy atom. The number of aliphatic hydroxyl groups excluding tert-OH is 1. The summed E-state index contributed by atoms with van der Waals surface area (Å²) in [5, 5.41) is 16.4. The summed E-state index contributed by atoms with van der Waals surface area (Å²) in [7, 11) is 1.84. The van der Waals surface area contributed by atoms with Crippen molar-refractivity contribution in [2.45, 2.75) is 37.8 Å². The molecule has 102 valence electrons. The highest BCUT2D eigenvalue weighted by Gasteiger charge is 2.24. The summed E-state index contributed by atoms with van der Waals surface area (Å²) in [6.45, 7) is 0. The van der Waals surface area contributed by atoms with Gasteiger partial charge in [0.1, 0.15) is 5.82 Å². The van der Waals surface area contributed by atoms with Gasteiger partial charge < -0.3 is 20.1 Å². The fourth-order valence-corrected chi connectivity index (χ4v) is 2.60. The molecule has 1 saturated carbocycles.